The molecule has 0 saturated carbocycles. The van der Waals surface area contributed by atoms with E-state index in [0.717, 1.165) is 12.0 Å². The van der Waals surface area contributed by atoms with Crippen LogP contribution in [0.3, 0.4) is 0 Å². The third-order valence-electron chi connectivity index (χ3n) is 4.15. The summed E-state index contributed by atoms with van der Waals surface area (Å²) in [6.45, 7) is 4.45. The molecule has 0 bridgehead atoms. The van der Waals surface area contributed by atoms with E-state index >= 15 is 0 Å². The number of ketones is 1. The number of methoxy groups -OCH3 is 2. The van der Waals surface area contributed by atoms with Crippen molar-refractivity contribution in [2.75, 3.05) is 26.6 Å². The van der Waals surface area contributed by atoms with Crippen molar-refractivity contribution in [1.82, 2.24) is 0 Å². The first-order valence-electron chi connectivity index (χ1n) is 9.03. The second kappa shape index (κ2) is 9.67. The summed E-state index contributed by atoms with van der Waals surface area (Å²) in [5.74, 6) is 1.92. The summed E-state index contributed by atoms with van der Waals surface area (Å²) in [5, 5.41) is 0. The average Bonchev–Trinajstić information content (AvgIpc) is 2.68. The molecule has 0 saturated heterocycles. The number of Topliss-reactive ketones (excluding diaryl/α,β-unsaturated/α-hetero) is 1. The van der Waals surface area contributed by atoms with Crippen molar-refractivity contribution >= 4 is 17.5 Å². The van der Waals surface area contributed by atoms with Crippen LogP contribution in [-0.4, -0.2) is 26.6 Å². The van der Waals surface area contributed by atoms with Crippen LogP contribution in [0.15, 0.2) is 42.0 Å². The van der Waals surface area contributed by atoms with E-state index in [2.05, 4.69) is 0 Å². The maximum absolute atomic E-state index is 13.1. The SMILES string of the molecule is CCCC(=Cc1cc(OC)ccc1OC)C(=O)c1ccc(OCC)c(N)c1. The Labute approximate surface area is 160 Å². The number of carbonyl (C=O) groups is 1. The van der Waals surface area contributed by atoms with E-state index in [-0.39, 0.29) is 5.78 Å². The minimum absolute atomic E-state index is 0.0588. The molecule has 2 aromatic rings. The smallest absolute Gasteiger partial charge is 0.189 e. The molecule has 5 heteroatoms. The zero-order valence-electron chi connectivity index (χ0n) is 16.4. The average molecular weight is 369 g/mol. The standard InChI is InChI=1S/C22H27NO4/c1-5-7-15(12-17-13-18(25-3)9-11-20(17)26-4)22(24)16-8-10-21(27-6-2)19(23)14-16/h8-14H,5-7,23H2,1-4H3. The predicted molar refractivity (Wildman–Crippen MR) is 109 cm³/mol. The molecule has 2 rings (SSSR count). The van der Waals surface area contributed by atoms with Crippen molar-refractivity contribution in [3.05, 3.63) is 53.1 Å². The quantitative estimate of drug-likeness (QED) is 0.392. The third-order valence-corrected chi connectivity index (χ3v) is 4.15. The maximum atomic E-state index is 13.1. The Balaban J connectivity index is 2.43. The Morgan fingerprint density at radius 1 is 1.04 bits per heavy atom. The number of allylic oxidation sites excluding steroid dienone is 1. The number of anilines is 1. The zero-order chi connectivity index (χ0) is 19.8. The lowest BCUT2D eigenvalue weighted by Crippen LogP contribution is -2.06. The fraction of sp³-hybridized carbons (Fsp3) is 0.318. The van der Waals surface area contributed by atoms with E-state index < -0.39 is 0 Å². The van der Waals surface area contributed by atoms with E-state index in [1.165, 1.54) is 0 Å². The van der Waals surface area contributed by atoms with Crippen LogP contribution in [-0.2, 0) is 0 Å². The van der Waals surface area contributed by atoms with Gasteiger partial charge in [0.25, 0.3) is 0 Å². The summed E-state index contributed by atoms with van der Waals surface area (Å²) in [6, 6.07) is 10.7. The number of benzene rings is 2. The molecule has 2 aromatic carbocycles. The number of hydrogen-bond acceptors (Lipinski definition) is 5. The van der Waals surface area contributed by atoms with Gasteiger partial charge in [0.2, 0.25) is 0 Å². The fourth-order valence-corrected chi connectivity index (χ4v) is 2.82. The van der Waals surface area contributed by atoms with E-state index in [1.807, 2.05) is 38.1 Å². The van der Waals surface area contributed by atoms with Gasteiger partial charge in [0.05, 0.1) is 26.5 Å². The zero-order valence-corrected chi connectivity index (χ0v) is 16.4. The molecule has 144 valence electrons. The topological polar surface area (TPSA) is 70.8 Å². The highest BCUT2D eigenvalue weighted by molar-refractivity contribution is 6.12. The Morgan fingerprint density at radius 2 is 1.78 bits per heavy atom. The molecule has 27 heavy (non-hydrogen) atoms. The van der Waals surface area contributed by atoms with Crippen molar-refractivity contribution in [3.8, 4) is 17.2 Å². The molecular weight excluding hydrogens is 342 g/mol. The molecule has 5 nitrogen and oxygen atoms in total. The summed E-state index contributed by atoms with van der Waals surface area (Å²) in [6.07, 6.45) is 3.35. The van der Waals surface area contributed by atoms with Gasteiger partial charge in [0.1, 0.15) is 17.2 Å². The lowest BCUT2D eigenvalue weighted by Gasteiger charge is -2.12. The number of ether oxygens (including phenoxy) is 3. The van der Waals surface area contributed by atoms with Crippen molar-refractivity contribution in [2.24, 2.45) is 0 Å². The second-order valence-corrected chi connectivity index (χ2v) is 6.04. The highest BCUT2D eigenvalue weighted by Gasteiger charge is 2.15. The van der Waals surface area contributed by atoms with E-state index in [9.17, 15) is 4.79 Å². The summed E-state index contributed by atoms with van der Waals surface area (Å²) >= 11 is 0. The van der Waals surface area contributed by atoms with E-state index in [4.69, 9.17) is 19.9 Å². The fourth-order valence-electron chi connectivity index (χ4n) is 2.82. The van der Waals surface area contributed by atoms with Crippen LogP contribution in [0.2, 0.25) is 0 Å². The van der Waals surface area contributed by atoms with Gasteiger partial charge >= 0.3 is 0 Å². The Kier molecular flexibility index (Phi) is 7.29. The molecule has 0 fully saturated rings. The molecule has 0 unspecified atom stereocenters. The highest BCUT2D eigenvalue weighted by atomic mass is 16.5. The Bertz CT molecular complexity index is 827. The Hall–Kier alpha value is -2.95. The molecule has 0 heterocycles. The molecule has 0 spiro atoms. The van der Waals surface area contributed by atoms with Gasteiger partial charge in [-0.3, -0.25) is 4.79 Å². The molecular formula is C22H27NO4. The van der Waals surface area contributed by atoms with Gasteiger partial charge in [-0.15, -0.1) is 0 Å². The summed E-state index contributed by atoms with van der Waals surface area (Å²) in [7, 11) is 3.21. The summed E-state index contributed by atoms with van der Waals surface area (Å²) < 4.78 is 16.2. The number of nitrogens with two attached hydrogens (primary N) is 1. The van der Waals surface area contributed by atoms with Gasteiger partial charge in [-0.25, -0.2) is 0 Å². The van der Waals surface area contributed by atoms with Crippen LogP contribution in [0.1, 0.15) is 42.6 Å². The third kappa shape index (κ3) is 5.03. The van der Waals surface area contributed by atoms with Crippen LogP contribution in [0, 0.1) is 0 Å². The summed E-state index contributed by atoms with van der Waals surface area (Å²) in [5.41, 5.74) is 8.50. The molecule has 0 aliphatic heterocycles. The van der Waals surface area contributed by atoms with Gasteiger partial charge < -0.3 is 19.9 Å². The first-order valence-corrected chi connectivity index (χ1v) is 9.03. The molecule has 0 atom stereocenters. The Morgan fingerprint density at radius 3 is 2.37 bits per heavy atom. The van der Waals surface area contributed by atoms with Gasteiger partial charge in [0, 0.05) is 16.7 Å². The lowest BCUT2D eigenvalue weighted by atomic mass is 9.96. The van der Waals surface area contributed by atoms with Crippen molar-refractivity contribution in [1.29, 1.82) is 0 Å². The van der Waals surface area contributed by atoms with E-state index in [1.54, 1.807) is 32.4 Å². The molecule has 0 radical (unpaired) electrons. The van der Waals surface area contributed by atoms with Crippen LogP contribution < -0.4 is 19.9 Å². The van der Waals surface area contributed by atoms with Gasteiger partial charge in [-0.1, -0.05) is 13.3 Å². The molecule has 2 N–H and O–H groups in total. The maximum Gasteiger partial charge on any atom is 0.189 e. The largest absolute Gasteiger partial charge is 0.497 e. The highest BCUT2D eigenvalue weighted by Crippen LogP contribution is 2.29. The minimum Gasteiger partial charge on any atom is -0.497 e. The molecule has 0 aliphatic rings. The minimum atomic E-state index is -0.0588. The van der Waals surface area contributed by atoms with Crippen molar-refractivity contribution in [2.45, 2.75) is 26.7 Å². The number of hydrogen-bond donors (Lipinski definition) is 1. The normalized spacial score (nSPS) is 11.2. The molecule has 0 aliphatic carbocycles. The number of rotatable bonds is 9. The van der Waals surface area contributed by atoms with Crippen LogP contribution in [0.5, 0.6) is 17.2 Å². The number of nitrogen functional groups attached to an aromatic ring is 1. The first-order chi connectivity index (χ1) is 13.0. The van der Waals surface area contributed by atoms with Crippen molar-refractivity contribution in [3.63, 3.8) is 0 Å². The van der Waals surface area contributed by atoms with Crippen LogP contribution in [0.25, 0.3) is 6.08 Å². The van der Waals surface area contributed by atoms with Gasteiger partial charge in [0.15, 0.2) is 5.78 Å². The monoisotopic (exact) mass is 369 g/mol. The van der Waals surface area contributed by atoms with E-state index in [0.29, 0.717) is 47.1 Å². The lowest BCUT2D eigenvalue weighted by molar-refractivity contribution is 0.103. The molecule has 0 aromatic heterocycles. The van der Waals surface area contributed by atoms with Crippen LogP contribution >= 0.6 is 0 Å². The van der Waals surface area contributed by atoms with Gasteiger partial charge in [-0.2, -0.15) is 0 Å². The number of carbonyl (C=O) groups excluding carboxylic acids is 1. The summed E-state index contributed by atoms with van der Waals surface area (Å²) in [4.78, 5) is 13.1. The molecule has 0 amide bonds. The first kappa shape index (κ1) is 20.4. The second-order valence-electron chi connectivity index (χ2n) is 6.04. The predicted octanol–water partition coefficient (Wildman–Crippen LogP) is 4.75. The van der Waals surface area contributed by atoms with Crippen LogP contribution in [0.4, 0.5) is 5.69 Å². The van der Waals surface area contributed by atoms with Gasteiger partial charge in [-0.05, 0) is 55.8 Å². The van der Waals surface area contributed by atoms with Crippen molar-refractivity contribution < 1.29 is 19.0 Å².